The average molecular weight is 305 g/mol. The number of benzene rings is 1. The fourth-order valence-electron chi connectivity index (χ4n) is 2.19. The van der Waals surface area contributed by atoms with Gasteiger partial charge in [0, 0.05) is 7.11 Å². The zero-order chi connectivity index (χ0) is 15.9. The normalized spacial score (nSPS) is 12.7. The largest absolute Gasteiger partial charge is 0.382 e. The minimum atomic E-state index is -0.175. The summed E-state index contributed by atoms with van der Waals surface area (Å²) in [6.07, 6.45) is 0. The Morgan fingerprint density at radius 1 is 1.32 bits per heavy atom. The number of hydrogen-bond acceptors (Lipinski definition) is 4. The summed E-state index contributed by atoms with van der Waals surface area (Å²) >= 11 is 0. The zero-order valence-corrected chi connectivity index (χ0v) is 13.3. The van der Waals surface area contributed by atoms with Crippen molar-refractivity contribution in [2.45, 2.75) is 19.9 Å². The third kappa shape index (κ3) is 4.29. The van der Waals surface area contributed by atoms with Gasteiger partial charge in [0.15, 0.2) is 0 Å². The summed E-state index contributed by atoms with van der Waals surface area (Å²) in [5.74, 6) is 0.820. The van der Waals surface area contributed by atoms with Crippen LogP contribution >= 0.6 is 0 Å². The smallest absolute Gasteiger partial charge is 0.246 e. The van der Waals surface area contributed by atoms with Gasteiger partial charge < -0.3 is 19.8 Å². The Bertz CT molecular complexity index is 576. The van der Waals surface area contributed by atoms with Gasteiger partial charge in [-0.1, -0.05) is 26.0 Å². The van der Waals surface area contributed by atoms with Gasteiger partial charge >= 0.3 is 0 Å². The van der Waals surface area contributed by atoms with Gasteiger partial charge in [-0.3, -0.25) is 4.79 Å². The molecule has 2 aromatic rings. The van der Waals surface area contributed by atoms with Crippen LogP contribution in [0.2, 0.25) is 0 Å². The van der Waals surface area contributed by atoms with Crippen molar-refractivity contribution in [3.8, 4) is 0 Å². The molecular weight excluding hydrogens is 282 g/mol. The van der Waals surface area contributed by atoms with Crippen molar-refractivity contribution in [1.82, 2.24) is 15.3 Å². The summed E-state index contributed by atoms with van der Waals surface area (Å²) < 4.78 is 10.1. The molecule has 6 nitrogen and oxygen atoms in total. The Labute approximate surface area is 130 Å². The molecule has 0 spiro atoms. The number of nitrogens with zero attached hydrogens (tertiary/aromatic N) is 1. The molecule has 0 aliphatic carbocycles. The fraction of sp³-hybridized carbons (Fsp3) is 0.500. The van der Waals surface area contributed by atoms with Gasteiger partial charge in [0.1, 0.15) is 12.4 Å². The number of carbonyl (C=O) groups excluding carboxylic acids is 1. The van der Waals surface area contributed by atoms with E-state index in [1.165, 1.54) is 0 Å². The Hall–Kier alpha value is -1.92. The maximum absolute atomic E-state index is 12.0. The van der Waals surface area contributed by atoms with Crippen LogP contribution in [-0.2, 0) is 14.3 Å². The molecule has 6 heteroatoms. The standard InChI is InChI=1S/C16H23N3O3/c1-11(2)15(19-14(20)10-22-9-8-21-3)16-17-12-6-4-5-7-13(12)18-16/h4-7,11,15H,8-10H2,1-3H3,(H,17,18)(H,19,20). The molecular formula is C16H23N3O3. The fourth-order valence-corrected chi connectivity index (χ4v) is 2.19. The Balaban J connectivity index is 2.01. The van der Waals surface area contributed by atoms with Gasteiger partial charge in [-0.05, 0) is 18.1 Å². The van der Waals surface area contributed by atoms with E-state index in [0.29, 0.717) is 13.2 Å². The topological polar surface area (TPSA) is 76.2 Å². The average Bonchev–Trinajstić information content (AvgIpc) is 2.92. The van der Waals surface area contributed by atoms with E-state index >= 15 is 0 Å². The van der Waals surface area contributed by atoms with E-state index in [0.717, 1.165) is 16.9 Å². The van der Waals surface area contributed by atoms with Crippen molar-refractivity contribution in [3.63, 3.8) is 0 Å². The monoisotopic (exact) mass is 305 g/mol. The third-order valence-corrected chi connectivity index (χ3v) is 3.35. The van der Waals surface area contributed by atoms with Crippen LogP contribution in [0.5, 0.6) is 0 Å². The van der Waals surface area contributed by atoms with Crippen molar-refractivity contribution in [2.75, 3.05) is 26.9 Å². The van der Waals surface area contributed by atoms with Crippen LogP contribution in [0, 0.1) is 5.92 Å². The minimum Gasteiger partial charge on any atom is -0.382 e. The quantitative estimate of drug-likeness (QED) is 0.732. The van der Waals surface area contributed by atoms with E-state index < -0.39 is 0 Å². The molecule has 1 aromatic heterocycles. The zero-order valence-electron chi connectivity index (χ0n) is 13.3. The number of hydrogen-bond donors (Lipinski definition) is 2. The van der Waals surface area contributed by atoms with Crippen molar-refractivity contribution in [1.29, 1.82) is 0 Å². The lowest BCUT2D eigenvalue weighted by Gasteiger charge is -2.20. The number of aromatic amines is 1. The highest BCUT2D eigenvalue weighted by Crippen LogP contribution is 2.21. The van der Waals surface area contributed by atoms with Crippen LogP contribution in [0.3, 0.4) is 0 Å². The molecule has 0 saturated carbocycles. The highest BCUT2D eigenvalue weighted by atomic mass is 16.5. The first-order chi connectivity index (χ1) is 10.6. The number of imidazole rings is 1. The summed E-state index contributed by atoms with van der Waals surface area (Å²) in [4.78, 5) is 19.8. The second kappa shape index (κ2) is 7.91. The number of rotatable bonds is 8. The summed E-state index contributed by atoms with van der Waals surface area (Å²) in [5, 5.41) is 2.97. The molecule has 1 heterocycles. The van der Waals surface area contributed by atoms with Gasteiger partial charge in [-0.15, -0.1) is 0 Å². The molecule has 0 bridgehead atoms. The maximum atomic E-state index is 12.0. The highest BCUT2D eigenvalue weighted by molar-refractivity contribution is 5.78. The van der Waals surface area contributed by atoms with Crippen LogP contribution in [0.25, 0.3) is 11.0 Å². The summed E-state index contributed by atoms with van der Waals surface area (Å²) in [6.45, 7) is 4.99. The van der Waals surface area contributed by atoms with Crippen molar-refractivity contribution >= 4 is 16.9 Å². The lowest BCUT2D eigenvalue weighted by Crippen LogP contribution is -2.35. The molecule has 0 aliphatic rings. The molecule has 120 valence electrons. The predicted molar refractivity (Wildman–Crippen MR) is 84.5 cm³/mol. The van der Waals surface area contributed by atoms with E-state index in [-0.39, 0.29) is 24.5 Å². The van der Waals surface area contributed by atoms with Crippen molar-refractivity contribution in [2.24, 2.45) is 5.92 Å². The number of ether oxygens (including phenoxy) is 2. The Morgan fingerprint density at radius 2 is 2.09 bits per heavy atom. The van der Waals surface area contributed by atoms with Crippen molar-refractivity contribution in [3.05, 3.63) is 30.1 Å². The van der Waals surface area contributed by atoms with Gasteiger partial charge in [-0.25, -0.2) is 4.98 Å². The van der Waals surface area contributed by atoms with E-state index in [1.54, 1.807) is 7.11 Å². The number of amides is 1. The van der Waals surface area contributed by atoms with Crippen LogP contribution in [0.15, 0.2) is 24.3 Å². The molecule has 22 heavy (non-hydrogen) atoms. The molecule has 0 radical (unpaired) electrons. The van der Waals surface area contributed by atoms with E-state index in [1.807, 2.05) is 38.1 Å². The molecule has 2 N–H and O–H groups in total. The summed E-state index contributed by atoms with van der Waals surface area (Å²) in [6, 6.07) is 7.64. The molecule has 1 unspecified atom stereocenters. The molecule has 0 aliphatic heterocycles. The lowest BCUT2D eigenvalue weighted by atomic mass is 10.0. The third-order valence-electron chi connectivity index (χ3n) is 3.35. The van der Waals surface area contributed by atoms with E-state index in [9.17, 15) is 4.79 Å². The number of nitrogens with one attached hydrogen (secondary N) is 2. The number of carbonyl (C=O) groups is 1. The molecule has 1 aromatic carbocycles. The first kappa shape index (κ1) is 16.5. The highest BCUT2D eigenvalue weighted by Gasteiger charge is 2.21. The molecule has 0 fully saturated rings. The molecule has 1 amide bonds. The Kier molecular flexibility index (Phi) is 5.91. The van der Waals surface area contributed by atoms with Gasteiger partial charge in [0.2, 0.25) is 5.91 Å². The summed E-state index contributed by atoms with van der Waals surface area (Å²) in [7, 11) is 1.60. The second-order valence-corrected chi connectivity index (χ2v) is 5.47. The van der Waals surface area contributed by atoms with Gasteiger partial charge in [0.25, 0.3) is 0 Å². The predicted octanol–water partition coefficient (Wildman–Crippen LogP) is 2.04. The number of H-pyrrole nitrogens is 1. The number of fused-ring (bicyclic) bond motifs is 1. The molecule has 0 saturated heterocycles. The number of para-hydroxylation sites is 2. The first-order valence-electron chi connectivity index (χ1n) is 7.42. The van der Waals surface area contributed by atoms with Crippen LogP contribution in [0.1, 0.15) is 25.7 Å². The lowest BCUT2D eigenvalue weighted by molar-refractivity contribution is -0.127. The molecule has 2 rings (SSSR count). The van der Waals surface area contributed by atoms with Gasteiger partial charge in [0.05, 0.1) is 30.3 Å². The minimum absolute atomic E-state index is 0.0206. The molecule has 1 atom stereocenters. The Morgan fingerprint density at radius 3 is 2.77 bits per heavy atom. The summed E-state index contributed by atoms with van der Waals surface area (Å²) in [5.41, 5.74) is 1.86. The van der Waals surface area contributed by atoms with Crippen molar-refractivity contribution < 1.29 is 14.3 Å². The van der Waals surface area contributed by atoms with E-state index in [4.69, 9.17) is 9.47 Å². The van der Waals surface area contributed by atoms with E-state index in [2.05, 4.69) is 15.3 Å². The van der Waals surface area contributed by atoms with Crippen LogP contribution in [-0.4, -0.2) is 42.8 Å². The maximum Gasteiger partial charge on any atom is 0.246 e. The number of aromatic nitrogens is 2. The first-order valence-corrected chi connectivity index (χ1v) is 7.42. The van der Waals surface area contributed by atoms with Gasteiger partial charge in [-0.2, -0.15) is 0 Å². The SMILES string of the molecule is COCCOCC(=O)NC(c1nc2ccccc2[nH]1)C(C)C. The number of methoxy groups -OCH3 is 1. The second-order valence-electron chi connectivity index (χ2n) is 5.47. The van der Waals surface area contributed by atoms with Crippen LogP contribution in [0.4, 0.5) is 0 Å². The van der Waals surface area contributed by atoms with Crippen LogP contribution < -0.4 is 5.32 Å².